The molecule has 6 nitrogen and oxygen atoms in total. The number of hydrogen-bond acceptors (Lipinski definition) is 4. The van der Waals surface area contributed by atoms with Gasteiger partial charge in [-0.15, -0.1) is 0 Å². The van der Waals surface area contributed by atoms with Crippen LogP contribution < -0.4 is 10.2 Å². The molecule has 1 amide bonds. The third-order valence-corrected chi connectivity index (χ3v) is 4.89. The molecule has 2 aromatic rings. The van der Waals surface area contributed by atoms with Crippen LogP contribution >= 0.6 is 11.6 Å². The Morgan fingerprint density at radius 2 is 2.21 bits per heavy atom. The predicted molar refractivity (Wildman–Crippen MR) is 97.7 cm³/mol. The SMILES string of the molecule is CC(=O)NCCN1CCN(c2cc(Cl)cc3[nH]ncc23)CC1(C)C. The predicted octanol–water partition coefficient (Wildman–Crippen LogP) is 2.25. The van der Waals surface area contributed by atoms with Gasteiger partial charge < -0.3 is 10.2 Å². The number of amides is 1. The number of carbonyl (C=O) groups is 1. The average Bonchev–Trinajstić information content (AvgIpc) is 2.95. The number of fused-ring (bicyclic) bond motifs is 1. The summed E-state index contributed by atoms with van der Waals surface area (Å²) < 4.78 is 0. The molecule has 0 spiro atoms. The summed E-state index contributed by atoms with van der Waals surface area (Å²) in [7, 11) is 0. The molecule has 0 aliphatic carbocycles. The standard InChI is InChI=1S/C17H24ClN5O/c1-12(24)19-4-5-23-7-6-22(11-17(23,2)3)16-9-13(18)8-15-14(16)10-20-21-15/h8-10H,4-7,11H2,1-3H3,(H,19,24)(H,20,21). The second kappa shape index (κ2) is 6.61. The van der Waals surface area contributed by atoms with Gasteiger partial charge in [-0.2, -0.15) is 5.10 Å². The summed E-state index contributed by atoms with van der Waals surface area (Å²) in [6, 6.07) is 3.92. The number of aromatic nitrogens is 2. The van der Waals surface area contributed by atoms with Crippen molar-refractivity contribution < 1.29 is 4.79 Å². The number of H-pyrrole nitrogens is 1. The molecule has 24 heavy (non-hydrogen) atoms. The van der Waals surface area contributed by atoms with Gasteiger partial charge >= 0.3 is 0 Å². The highest BCUT2D eigenvalue weighted by Gasteiger charge is 2.34. The molecule has 1 aromatic carbocycles. The number of anilines is 1. The lowest BCUT2D eigenvalue weighted by Crippen LogP contribution is -2.60. The zero-order valence-electron chi connectivity index (χ0n) is 14.4. The van der Waals surface area contributed by atoms with Gasteiger partial charge in [0.25, 0.3) is 0 Å². The van der Waals surface area contributed by atoms with E-state index in [2.05, 4.69) is 39.2 Å². The number of halogens is 1. The van der Waals surface area contributed by atoms with Gasteiger partial charge in [-0.3, -0.25) is 14.8 Å². The fraction of sp³-hybridized carbons (Fsp3) is 0.529. The van der Waals surface area contributed by atoms with E-state index < -0.39 is 0 Å². The molecule has 1 aliphatic heterocycles. The molecule has 2 N–H and O–H groups in total. The van der Waals surface area contributed by atoms with Crippen LogP contribution in [0.25, 0.3) is 10.9 Å². The normalized spacial score (nSPS) is 18.1. The van der Waals surface area contributed by atoms with Crippen molar-refractivity contribution in [1.29, 1.82) is 0 Å². The number of aromatic amines is 1. The van der Waals surface area contributed by atoms with E-state index in [0.717, 1.165) is 42.8 Å². The Morgan fingerprint density at radius 1 is 1.42 bits per heavy atom. The summed E-state index contributed by atoms with van der Waals surface area (Å²) in [4.78, 5) is 15.9. The molecule has 0 unspecified atom stereocenters. The van der Waals surface area contributed by atoms with Gasteiger partial charge in [0.05, 0.1) is 11.7 Å². The first-order valence-electron chi connectivity index (χ1n) is 8.24. The Morgan fingerprint density at radius 3 is 2.92 bits per heavy atom. The smallest absolute Gasteiger partial charge is 0.216 e. The zero-order chi connectivity index (χ0) is 17.3. The lowest BCUT2D eigenvalue weighted by molar-refractivity contribution is -0.119. The van der Waals surface area contributed by atoms with Crippen LogP contribution in [0.4, 0.5) is 5.69 Å². The van der Waals surface area contributed by atoms with E-state index in [-0.39, 0.29) is 11.4 Å². The Balaban J connectivity index is 1.76. The van der Waals surface area contributed by atoms with Crippen molar-refractivity contribution >= 4 is 34.1 Å². The van der Waals surface area contributed by atoms with E-state index in [1.807, 2.05) is 18.3 Å². The minimum Gasteiger partial charge on any atom is -0.368 e. The first-order chi connectivity index (χ1) is 11.4. The van der Waals surface area contributed by atoms with Crippen LogP contribution in [0.3, 0.4) is 0 Å². The van der Waals surface area contributed by atoms with Gasteiger partial charge in [-0.05, 0) is 26.0 Å². The van der Waals surface area contributed by atoms with Crippen molar-refractivity contribution in [2.75, 3.05) is 37.6 Å². The highest BCUT2D eigenvalue weighted by molar-refractivity contribution is 6.31. The van der Waals surface area contributed by atoms with Crippen molar-refractivity contribution in [3.05, 3.63) is 23.4 Å². The summed E-state index contributed by atoms with van der Waals surface area (Å²) >= 11 is 6.27. The van der Waals surface area contributed by atoms with E-state index in [1.54, 1.807) is 6.92 Å². The molecule has 1 saturated heterocycles. The van der Waals surface area contributed by atoms with E-state index in [1.165, 1.54) is 0 Å². The van der Waals surface area contributed by atoms with Crippen LogP contribution in [0.2, 0.25) is 5.02 Å². The number of piperazine rings is 1. The van der Waals surface area contributed by atoms with Crippen LogP contribution in [0.1, 0.15) is 20.8 Å². The zero-order valence-corrected chi connectivity index (χ0v) is 15.2. The Bertz CT molecular complexity index is 742. The molecule has 2 heterocycles. The summed E-state index contributed by atoms with van der Waals surface area (Å²) in [6.45, 7) is 10.3. The molecular formula is C17H24ClN5O. The number of rotatable bonds is 4. The second-order valence-electron chi connectivity index (χ2n) is 6.96. The quantitative estimate of drug-likeness (QED) is 0.888. The van der Waals surface area contributed by atoms with Gasteiger partial charge in [0.1, 0.15) is 0 Å². The van der Waals surface area contributed by atoms with E-state index in [4.69, 9.17) is 11.6 Å². The molecule has 1 aromatic heterocycles. The van der Waals surface area contributed by atoms with E-state index >= 15 is 0 Å². The van der Waals surface area contributed by atoms with Crippen LogP contribution in [0.5, 0.6) is 0 Å². The van der Waals surface area contributed by atoms with Gasteiger partial charge in [0.15, 0.2) is 0 Å². The summed E-state index contributed by atoms with van der Waals surface area (Å²) in [5.74, 6) is 0.0210. The maximum Gasteiger partial charge on any atom is 0.216 e. The molecule has 0 saturated carbocycles. The van der Waals surface area contributed by atoms with E-state index in [0.29, 0.717) is 11.6 Å². The average molecular weight is 350 g/mol. The van der Waals surface area contributed by atoms with Gasteiger partial charge in [0, 0.05) is 61.3 Å². The van der Waals surface area contributed by atoms with Crippen molar-refractivity contribution in [2.24, 2.45) is 0 Å². The van der Waals surface area contributed by atoms with Crippen molar-refractivity contribution in [2.45, 2.75) is 26.3 Å². The molecular weight excluding hydrogens is 326 g/mol. The van der Waals surface area contributed by atoms with Crippen molar-refractivity contribution in [3.63, 3.8) is 0 Å². The molecule has 130 valence electrons. The van der Waals surface area contributed by atoms with Crippen molar-refractivity contribution in [3.8, 4) is 0 Å². The second-order valence-corrected chi connectivity index (χ2v) is 7.40. The topological polar surface area (TPSA) is 64.3 Å². The van der Waals surface area contributed by atoms with Gasteiger partial charge in [-0.1, -0.05) is 11.6 Å². The highest BCUT2D eigenvalue weighted by Crippen LogP contribution is 2.33. The molecule has 1 aliphatic rings. The molecule has 3 rings (SSSR count). The maximum atomic E-state index is 11.1. The largest absolute Gasteiger partial charge is 0.368 e. The summed E-state index contributed by atoms with van der Waals surface area (Å²) in [6.07, 6.45) is 1.86. The number of nitrogens with zero attached hydrogens (tertiary/aromatic N) is 3. The summed E-state index contributed by atoms with van der Waals surface area (Å²) in [5, 5.41) is 11.8. The Kier molecular flexibility index (Phi) is 4.69. The Labute approximate surface area is 147 Å². The molecule has 0 radical (unpaired) electrons. The number of carbonyl (C=O) groups excluding carboxylic acids is 1. The first-order valence-corrected chi connectivity index (χ1v) is 8.62. The third-order valence-electron chi connectivity index (χ3n) is 4.67. The van der Waals surface area contributed by atoms with Crippen LogP contribution in [0, 0.1) is 0 Å². The minimum atomic E-state index is 0.00902. The van der Waals surface area contributed by atoms with Gasteiger partial charge in [0.2, 0.25) is 5.91 Å². The lowest BCUT2D eigenvalue weighted by Gasteiger charge is -2.48. The van der Waals surface area contributed by atoms with Crippen molar-refractivity contribution in [1.82, 2.24) is 20.4 Å². The van der Waals surface area contributed by atoms with E-state index in [9.17, 15) is 4.79 Å². The Hall–Kier alpha value is -1.79. The summed E-state index contributed by atoms with van der Waals surface area (Å²) in [5.41, 5.74) is 2.10. The molecule has 7 heteroatoms. The number of hydrogen-bond donors (Lipinski definition) is 2. The highest BCUT2D eigenvalue weighted by atomic mass is 35.5. The van der Waals surface area contributed by atoms with Crippen LogP contribution in [-0.4, -0.2) is 59.3 Å². The monoisotopic (exact) mass is 349 g/mol. The fourth-order valence-corrected chi connectivity index (χ4v) is 3.65. The molecule has 0 atom stereocenters. The lowest BCUT2D eigenvalue weighted by atomic mass is 9.97. The first kappa shape index (κ1) is 17.0. The van der Waals surface area contributed by atoms with Crippen LogP contribution in [0.15, 0.2) is 18.3 Å². The van der Waals surface area contributed by atoms with Gasteiger partial charge in [-0.25, -0.2) is 0 Å². The number of nitrogens with one attached hydrogen (secondary N) is 2. The number of benzene rings is 1. The fourth-order valence-electron chi connectivity index (χ4n) is 3.44. The minimum absolute atomic E-state index is 0.00902. The molecule has 0 bridgehead atoms. The third kappa shape index (κ3) is 3.49. The maximum absolute atomic E-state index is 11.1. The molecule has 1 fully saturated rings. The van der Waals surface area contributed by atoms with Crippen LogP contribution in [-0.2, 0) is 4.79 Å².